The number of unbranched alkanes of at least 4 members (excludes halogenated alkanes) is 30. The summed E-state index contributed by atoms with van der Waals surface area (Å²) in [6.07, 6.45) is 62.3. The molecule has 0 bridgehead atoms. The molecule has 0 spiro atoms. The minimum atomic E-state index is -0.780. The van der Waals surface area contributed by atoms with Gasteiger partial charge in [0.1, 0.15) is 13.2 Å². The fourth-order valence-electron chi connectivity index (χ4n) is 7.68. The number of carbonyl (C=O) groups is 3. The Labute approximate surface area is 390 Å². The van der Waals surface area contributed by atoms with Crippen LogP contribution in [0.15, 0.2) is 48.6 Å². The summed E-state index contributed by atoms with van der Waals surface area (Å²) in [6.45, 7) is 6.60. The van der Waals surface area contributed by atoms with E-state index in [4.69, 9.17) is 14.2 Å². The number of hydrogen-bond donors (Lipinski definition) is 0. The first-order valence-electron chi connectivity index (χ1n) is 27.1. The van der Waals surface area contributed by atoms with E-state index >= 15 is 0 Å². The standard InChI is InChI=1S/C57H102O6/c1-4-7-10-13-16-19-22-25-26-27-28-29-30-33-35-38-41-44-47-50-56(59)62-53-54(63-57(60)51-48-45-42-39-36-32-24-21-18-15-12-9-6-3)52-61-55(58)49-46-43-40-37-34-31-23-20-17-14-11-8-5-2/h16,19,21,24-26,28-29,54H,4-15,17-18,20,22-23,27,30-53H2,1-3H3/b19-16-,24-21-,26-25-,29-28-/t54-/m1/s1. The molecule has 0 aliphatic carbocycles. The van der Waals surface area contributed by atoms with Crippen molar-refractivity contribution in [3.63, 3.8) is 0 Å². The predicted octanol–water partition coefficient (Wildman–Crippen LogP) is 17.9. The maximum atomic E-state index is 12.8. The van der Waals surface area contributed by atoms with Crippen LogP contribution in [0.4, 0.5) is 0 Å². The molecule has 0 radical (unpaired) electrons. The lowest BCUT2D eigenvalue weighted by Crippen LogP contribution is -2.30. The molecule has 0 aliphatic heterocycles. The van der Waals surface area contributed by atoms with Crippen molar-refractivity contribution in [3.8, 4) is 0 Å². The van der Waals surface area contributed by atoms with Gasteiger partial charge in [-0.05, 0) is 83.5 Å². The minimum absolute atomic E-state index is 0.0782. The van der Waals surface area contributed by atoms with Crippen molar-refractivity contribution >= 4 is 17.9 Å². The Balaban J connectivity index is 4.37. The molecule has 0 saturated heterocycles. The Kier molecular flexibility index (Phi) is 49.8. The zero-order valence-electron chi connectivity index (χ0n) is 41.8. The molecule has 1 atom stereocenters. The molecular formula is C57H102O6. The summed E-state index contributed by atoms with van der Waals surface area (Å²) in [5.41, 5.74) is 0. The normalized spacial score (nSPS) is 12.4. The Morgan fingerprint density at radius 2 is 0.571 bits per heavy atom. The largest absolute Gasteiger partial charge is 0.462 e. The first kappa shape index (κ1) is 60.4. The van der Waals surface area contributed by atoms with Gasteiger partial charge in [0.2, 0.25) is 0 Å². The number of esters is 3. The van der Waals surface area contributed by atoms with Gasteiger partial charge in [-0.15, -0.1) is 0 Å². The highest BCUT2D eigenvalue weighted by molar-refractivity contribution is 5.71. The van der Waals surface area contributed by atoms with E-state index in [1.54, 1.807) is 0 Å². The van der Waals surface area contributed by atoms with Crippen LogP contribution >= 0.6 is 0 Å². The van der Waals surface area contributed by atoms with Gasteiger partial charge in [-0.2, -0.15) is 0 Å². The molecule has 0 aromatic heterocycles. The highest BCUT2D eigenvalue weighted by Gasteiger charge is 2.19. The summed E-state index contributed by atoms with van der Waals surface area (Å²) in [5.74, 6) is -0.891. The molecule has 0 amide bonds. The van der Waals surface area contributed by atoms with Gasteiger partial charge in [0, 0.05) is 19.3 Å². The van der Waals surface area contributed by atoms with Gasteiger partial charge < -0.3 is 14.2 Å². The molecule has 0 aromatic carbocycles. The summed E-state index contributed by atoms with van der Waals surface area (Å²) >= 11 is 0. The van der Waals surface area contributed by atoms with Crippen molar-refractivity contribution in [1.82, 2.24) is 0 Å². The van der Waals surface area contributed by atoms with Crippen molar-refractivity contribution in [1.29, 1.82) is 0 Å². The van der Waals surface area contributed by atoms with E-state index in [2.05, 4.69) is 69.4 Å². The second kappa shape index (κ2) is 52.0. The van der Waals surface area contributed by atoms with Gasteiger partial charge in [-0.3, -0.25) is 14.4 Å². The highest BCUT2D eigenvalue weighted by atomic mass is 16.6. The van der Waals surface area contributed by atoms with Crippen LogP contribution in [0, 0.1) is 0 Å². The summed E-state index contributed by atoms with van der Waals surface area (Å²) < 4.78 is 16.8. The molecule has 0 aliphatic rings. The highest BCUT2D eigenvalue weighted by Crippen LogP contribution is 2.15. The van der Waals surface area contributed by atoms with Gasteiger partial charge in [0.25, 0.3) is 0 Å². The van der Waals surface area contributed by atoms with Gasteiger partial charge in [0.05, 0.1) is 0 Å². The molecule has 6 nitrogen and oxygen atoms in total. The Bertz CT molecular complexity index is 1110. The van der Waals surface area contributed by atoms with E-state index in [1.165, 1.54) is 148 Å². The van der Waals surface area contributed by atoms with Gasteiger partial charge in [-0.1, -0.05) is 223 Å². The van der Waals surface area contributed by atoms with Crippen LogP contribution in [0.2, 0.25) is 0 Å². The average molecular weight is 883 g/mol. The van der Waals surface area contributed by atoms with Crippen molar-refractivity contribution in [3.05, 3.63) is 48.6 Å². The topological polar surface area (TPSA) is 78.9 Å². The summed E-state index contributed by atoms with van der Waals surface area (Å²) in [4.78, 5) is 38.0. The van der Waals surface area contributed by atoms with Gasteiger partial charge >= 0.3 is 17.9 Å². The van der Waals surface area contributed by atoms with Crippen LogP contribution in [0.25, 0.3) is 0 Å². The quantitative estimate of drug-likeness (QED) is 0.0262. The van der Waals surface area contributed by atoms with Gasteiger partial charge in [0.15, 0.2) is 6.10 Å². The second-order valence-corrected chi connectivity index (χ2v) is 18.1. The lowest BCUT2D eigenvalue weighted by Gasteiger charge is -2.18. The van der Waals surface area contributed by atoms with Crippen molar-refractivity contribution in [2.45, 2.75) is 284 Å². The predicted molar refractivity (Wildman–Crippen MR) is 270 cm³/mol. The van der Waals surface area contributed by atoms with Crippen molar-refractivity contribution in [2.75, 3.05) is 13.2 Å². The molecule has 63 heavy (non-hydrogen) atoms. The molecule has 0 unspecified atom stereocenters. The van der Waals surface area contributed by atoms with E-state index in [0.717, 1.165) is 89.9 Å². The molecule has 0 N–H and O–H groups in total. The lowest BCUT2D eigenvalue weighted by molar-refractivity contribution is -0.167. The SMILES string of the molecule is CCCCC/C=C\C/C=C\C/C=C\CCCCCCCCC(=O)OC[C@@H](COC(=O)CCCCCCCCCCCCCCC)OC(=O)CCCCCCC/C=C\CCCCCC. The lowest BCUT2D eigenvalue weighted by atomic mass is 10.0. The first-order valence-corrected chi connectivity index (χ1v) is 27.1. The molecular weight excluding hydrogens is 781 g/mol. The van der Waals surface area contributed by atoms with Crippen molar-refractivity contribution in [2.24, 2.45) is 0 Å². The van der Waals surface area contributed by atoms with Crippen LogP contribution in [-0.2, 0) is 28.6 Å². The first-order chi connectivity index (χ1) is 31.0. The fraction of sp³-hybridized carbons (Fsp3) is 0.807. The molecule has 0 saturated carbocycles. The fourth-order valence-corrected chi connectivity index (χ4v) is 7.68. The summed E-state index contributed by atoms with van der Waals surface area (Å²) in [6, 6.07) is 0. The van der Waals surface area contributed by atoms with E-state index in [9.17, 15) is 14.4 Å². The maximum Gasteiger partial charge on any atom is 0.306 e. The van der Waals surface area contributed by atoms with Crippen LogP contribution in [-0.4, -0.2) is 37.2 Å². The number of carbonyl (C=O) groups excluding carboxylic acids is 3. The molecule has 366 valence electrons. The van der Waals surface area contributed by atoms with E-state index in [1.807, 2.05) is 0 Å². The minimum Gasteiger partial charge on any atom is -0.462 e. The molecule has 0 heterocycles. The molecule has 0 aromatic rings. The number of ether oxygens (including phenoxy) is 3. The van der Waals surface area contributed by atoms with Crippen LogP contribution in [0.3, 0.4) is 0 Å². The van der Waals surface area contributed by atoms with Crippen LogP contribution < -0.4 is 0 Å². The molecule has 0 rings (SSSR count). The van der Waals surface area contributed by atoms with E-state index in [0.29, 0.717) is 19.3 Å². The summed E-state index contributed by atoms with van der Waals surface area (Å²) in [7, 11) is 0. The maximum absolute atomic E-state index is 12.8. The third-order valence-corrected chi connectivity index (χ3v) is 11.8. The third kappa shape index (κ3) is 50.2. The van der Waals surface area contributed by atoms with E-state index in [-0.39, 0.29) is 31.1 Å². The zero-order chi connectivity index (χ0) is 45.8. The third-order valence-electron chi connectivity index (χ3n) is 11.8. The molecule has 6 heteroatoms. The Hall–Kier alpha value is -2.63. The van der Waals surface area contributed by atoms with Gasteiger partial charge in [-0.25, -0.2) is 0 Å². The van der Waals surface area contributed by atoms with E-state index < -0.39 is 6.10 Å². The average Bonchev–Trinajstić information content (AvgIpc) is 3.28. The van der Waals surface area contributed by atoms with Crippen LogP contribution in [0.1, 0.15) is 278 Å². The Morgan fingerprint density at radius 3 is 0.952 bits per heavy atom. The number of rotatable bonds is 49. The molecule has 0 fully saturated rings. The monoisotopic (exact) mass is 883 g/mol. The smallest absolute Gasteiger partial charge is 0.306 e. The van der Waals surface area contributed by atoms with Crippen LogP contribution in [0.5, 0.6) is 0 Å². The second-order valence-electron chi connectivity index (χ2n) is 18.1. The Morgan fingerprint density at radius 1 is 0.317 bits per heavy atom. The number of allylic oxidation sites excluding steroid dienone is 8. The summed E-state index contributed by atoms with van der Waals surface area (Å²) in [5, 5.41) is 0. The zero-order valence-corrected chi connectivity index (χ0v) is 41.8. The van der Waals surface area contributed by atoms with Crippen molar-refractivity contribution < 1.29 is 28.6 Å². The number of hydrogen-bond acceptors (Lipinski definition) is 6.